The summed E-state index contributed by atoms with van der Waals surface area (Å²) in [5.41, 5.74) is 2.55. The highest BCUT2D eigenvalue weighted by Crippen LogP contribution is 2.55. The number of methoxy groups -OCH3 is 1. The predicted molar refractivity (Wildman–Crippen MR) is 149 cm³/mol. The number of carbonyl (C=O) groups excluding carboxylic acids is 2. The number of nitrogens with one attached hydrogen (secondary N) is 2. The quantitative estimate of drug-likeness (QED) is 0.509. The van der Waals surface area contributed by atoms with Crippen LogP contribution in [-0.2, 0) is 14.9 Å². The van der Waals surface area contributed by atoms with Gasteiger partial charge in [-0.15, -0.1) is 0 Å². The SMILES string of the molecule is COCCN(CC(=O)Nc1cc(C(C)(C)C)nn1-c1ccccc1C)C(=O)NC12CC3CC(CC(C3)C1)C2. The van der Waals surface area contributed by atoms with Gasteiger partial charge in [0.15, 0.2) is 0 Å². The van der Waals surface area contributed by atoms with Crippen LogP contribution in [0.4, 0.5) is 10.6 Å². The summed E-state index contributed by atoms with van der Waals surface area (Å²) in [5.74, 6) is 2.54. The molecule has 2 aromatic rings. The van der Waals surface area contributed by atoms with Crippen LogP contribution in [-0.4, -0.2) is 59.0 Å². The molecule has 2 N–H and O–H groups in total. The van der Waals surface area contributed by atoms with Crippen molar-refractivity contribution in [3.8, 4) is 5.69 Å². The Morgan fingerprint density at radius 1 is 1.11 bits per heavy atom. The second-order valence-corrected chi connectivity index (χ2v) is 13.0. The van der Waals surface area contributed by atoms with E-state index in [2.05, 4.69) is 31.4 Å². The number of anilines is 1. The van der Waals surface area contributed by atoms with Gasteiger partial charge >= 0.3 is 6.03 Å². The first kappa shape index (κ1) is 26.7. The number of para-hydroxylation sites is 1. The first-order valence-corrected chi connectivity index (χ1v) is 14.1. The normalized spacial score (nSPS) is 25.9. The molecule has 1 aromatic heterocycles. The van der Waals surface area contributed by atoms with Crippen LogP contribution in [0, 0.1) is 24.7 Å². The number of hydrogen-bond donors (Lipinski definition) is 2. The molecular weight excluding hydrogens is 478 g/mol. The zero-order valence-corrected chi connectivity index (χ0v) is 23.5. The predicted octanol–water partition coefficient (Wildman–Crippen LogP) is 5.04. The van der Waals surface area contributed by atoms with E-state index in [9.17, 15) is 9.59 Å². The monoisotopic (exact) mass is 521 g/mol. The lowest BCUT2D eigenvalue weighted by molar-refractivity contribution is -0.117. The fourth-order valence-corrected chi connectivity index (χ4v) is 7.20. The molecule has 4 aliphatic carbocycles. The fraction of sp³-hybridized carbons (Fsp3) is 0.633. The first-order chi connectivity index (χ1) is 18.0. The highest BCUT2D eigenvalue weighted by atomic mass is 16.5. The van der Waals surface area contributed by atoms with Crippen LogP contribution < -0.4 is 10.6 Å². The number of amides is 3. The Morgan fingerprint density at radius 3 is 2.32 bits per heavy atom. The maximum Gasteiger partial charge on any atom is 0.318 e. The van der Waals surface area contributed by atoms with E-state index in [4.69, 9.17) is 9.84 Å². The van der Waals surface area contributed by atoms with Gasteiger partial charge < -0.3 is 20.3 Å². The highest BCUT2D eigenvalue weighted by molar-refractivity contribution is 5.94. The Balaban J connectivity index is 1.32. The highest BCUT2D eigenvalue weighted by Gasteiger charge is 2.51. The van der Waals surface area contributed by atoms with Crippen molar-refractivity contribution in [1.82, 2.24) is 20.0 Å². The molecule has 0 saturated heterocycles. The number of hydrogen-bond acceptors (Lipinski definition) is 4. The molecule has 38 heavy (non-hydrogen) atoms. The standard InChI is InChI=1S/C30H43N5O3/c1-20-8-6-7-9-24(20)35-26(15-25(33-35)29(2,3)4)31-27(36)19-34(10-11-38-5)28(37)32-30-16-21-12-22(17-30)14-23(13-21)18-30/h6-9,15,21-23H,10-14,16-19H2,1-5H3,(H,31,36)(H,32,37). The van der Waals surface area contributed by atoms with Crippen molar-refractivity contribution in [3.63, 3.8) is 0 Å². The lowest BCUT2D eigenvalue weighted by atomic mass is 9.53. The molecule has 8 nitrogen and oxygen atoms in total. The minimum Gasteiger partial charge on any atom is -0.383 e. The van der Waals surface area contributed by atoms with Gasteiger partial charge in [0, 0.05) is 30.7 Å². The molecule has 0 atom stereocenters. The smallest absolute Gasteiger partial charge is 0.318 e. The summed E-state index contributed by atoms with van der Waals surface area (Å²) < 4.78 is 7.07. The van der Waals surface area contributed by atoms with Crippen LogP contribution in [0.3, 0.4) is 0 Å². The molecule has 1 aromatic carbocycles. The van der Waals surface area contributed by atoms with Gasteiger partial charge in [0.1, 0.15) is 12.4 Å². The van der Waals surface area contributed by atoms with Gasteiger partial charge in [0.05, 0.1) is 18.0 Å². The largest absolute Gasteiger partial charge is 0.383 e. The number of aryl methyl sites for hydroxylation is 1. The summed E-state index contributed by atoms with van der Waals surface area (Å²) in [6, 6.07) is 9.74. The molecule has 3 amide bonds. The van der Waals surface area contributed by atoms with Gasteiger partial charge in [-0.25, -0.2) is 9.48 Å². The van der Waals surface area contributed by atoms with Crippen LogP contribution >= 0.6 is 0 Å². The van der Waals surface area contributed by atoms with Gasteiger partial charge in [-0.3, -0.25) is 4.79 Å². The molecule has 4 aliphatic rings. The number of aromatic nitrogens is 2. The van der Waals surface area contributed by atoms with E-state index < -0.39 is 0 Å². The summed E-state index contributed by atoms with van der Waals surface area (Å²) in [6.45, 7) is 9.01. The molecule has 4 bridgehead atoms. The maximum atomic E-state index is 13.6. The van der Waals surface area contributed by atoms with Crippen molar-refractivity contribution in [2.45, 2.75) is 77.2 Å². The van der Waals surface area contributed by atoms with Gasteiger partial charge in [0.25, 0.3) is 0 Å². The topological polar surface area (TPSA) is 88.5 Å². The Morgan fingerprint density at radius 2 is 1.74 bits per heavy atom. The zero-order valence-electron chi connectivity index (χ0n) is 23.5. The molecular formula is C30H43N5O3. The van der Waals surface area contributed by atoms with Crippen LogP contribution in [0.5, 0.6) is 0 Å². The van der Waals surface area contributed by atoms with E-state index in [0.717, 1.165) is 54.0 Å². The third kappa shape index (κ3) is 5.60. The van der Waals surface area contributed by atoms with Crippen LogP contribution in [0.25, 0.3) is 5.69 Å². The van der Waals surface area contributed by atoms with Gasteiger partial charge in [-0.1, -0.05) is 39.0 Å². The van der Waals surface area contributed by atoms with Gasteiger partial charge in [0.2, 0.25) is 5.91 Å². The van der Waals surface area contributed by atoms with Gasteiger partial charge in [-0.05, 0) is 74.8 Å². The summed E-state index contributed by atoms with van der Waals surface area (Å²) >= 11 is 0. The Labute approximate surface area is 226 Å². The molecule has 4 fully saturated rings. The average Bonchev–Trinajstić information content (AvgIpc) is 3.24. The number of nitrogens with zero attached hydrogens (tertiary/aromatic N) is 3. The molecule has 0 radical (unpaired) electrons. The lowest BCUT2D eigenvalue weighted by Gasteiger charge is -2.57. The van der Waals surface area contributed by atoms with Crippen molar-refractivity contribution < 1.29 is 14.3 Å². The second-order valence-electron chi connectivity index (χ2n) is 13.0. The zero-order chi connectivity index (χ0) is 27.1. The Kier molecular flexibility index (Phi) is 7.29. The van der Waals surface area contributed by atoms with E-state index in [-0.39, 0.29) is 29.4 Å². The summed E-state index contributed by atoms with van der Waals surface area (Å²) in [4.78, 5) is 28.5. The Bertz CT molecular complexity index is 1150. The lowest BCUT2D eigenvalue weighted by Crippen LogP contribution is -2.62. The Hall–Kier alpha value is -2.87. The molecule has 0 spiro atoms. The molecule has 206 valence electrons. The van der Waals surface area contributed by atoms with Crippen LogP contribution in [0.15, 0.2) is 30.3 Å². The summed E-state index contributed by atoms with van der Waals surface area (Å²) in [5, 5.41) is 11.3. The third-order valence-electron chi connectivity index (χ3n) is 8.69. The fourth-order valence-electron chi connectivity index (χ4n) is 7.20. The van der Waals surface area contributed by atoms with Crippen molar-refractivity contribution in [3.05, 3.63) is 41.6 Å². The van der Waals surface area contributed by atoms with Crippen LogP contribution in [0.1, 0.15) is 70.6 Å². The van der Waals surface area contributed by atoms with Crippen molar-refractivity contribution in [2.75, 3.05) is 32.1 Å². The summed E-state index contributed by atoms with van der Waals surface area (Å²) in [6.07, 6.45) is 7.16. The van der Waals surface area contributed by atoms with E-state index >= 15 is 0 Å². The van der Waals surface area contributed by atoms with Crippen molar-refractivity contribution in [2.24, 2.45) is 17.8 Å². The van der Waals surface area contributed by atoms with Crippen molar-refractivity contribution >= 4 is 17.8 Å². The average molecular weight is 522 g/mol. The minimum atomic E-state index is -0.253. The number of carbonyl (C=O) groups is 2. The van der Waals surface area contributed by atoms with E-state index in [1.165, 1.54) is 19.3 Å². The number of benzene rings is 1. The van der Waals surface area contributed by atoms with Crippen molar-refractivity contribution in [1.29, 1.82) is 0 Å². The molecule has 0 unspecified atom stereocenters. The van der Waals surface area contributed by atoms with Crippen LogP contribution in [0.2, 0.25) is 0 Å². The molecule has 4 saturated carbocycles. The number of rotatable bonds is 8. The second kappa shape index (κ2) is 10.4. The molecule has 1 heterocycles. The molecule has 0 aliphatic heterocycles. The minimum absolute atomic E-state index is 0.0502. The van der Waals surface area contributed by atoms with E-state index in [1.807, 2.05) is 37.3 Å². The number of urea groups is 1. The van der Waals surface area contributed by atoms with E-state index in [1.54, 1.807) is 16.7 Å². The maximum absolute atomic E-state index is 13.6. The number of ether oxygens (including phenoxy) is 1. The molecule has 8 heteroatoms. The van der Waals surface area contributed by atoms with E-state index in [0.29, 0.717) is 19.0 Å². The summed E-state index contributed by atoms with van der Waals surface area (Å²) in [7, 11) is 1.62. The first-order valence-electron chi connectivity index (χ1n) is 14.1. The third-order valence-corrected chi connectivity index (χ3v) is 8.69. The molecule has 6 rings (SSSR count). The van der Waals surface area contributed by atoms with Gasteiger partial charge in [-0.2, -0.15) is 5.10 Å².